The highest BCUT2D eigenvalue weighted by molar-refractivity contribution is 7.15. The summed E-state index contributed by atoms with van der Waals surface area (Å²) < 4.78 is 27.2. The number of piperidine rings is 2. The molecule has 4 heterocycles. The molecule has 1 N–H and O–H groups in total. The van der Waals surface area contributed by atoms with E-state index in [9.17, 15) is 19.5 Å². The first kappa shape index (κ1) is 58.7. The number of hydrogen-bond acceptors (Lipinski definition) is 6. The van der Waals surface area contributed by atoms with Crippen LogP contribution in [0.2, 0.25) is 0 Å². The Labute approximate surface area is 483 Å². The zero-order valence-electron chi connectivity index (χ0n) is 55.6. The molecule has 446 valence electrons. The molecule has 12 fully saturated rings. The number of ether oxygens (including phenoxy) is 2. The second-order valence-corrected chi connectivity index (χ2v) is 33.3. The molecule has 8 aliphatic carbocycles. The first-order valence-electron chi connectivity index (χ1n) is 33.6. The molecule has 78 heavy (non-hydrogen) atoms. The molecule has 1 unspecified atom stereocenters. The van der Waals surface area contributed by atoms with E-state index in [-0.39, 0.29) is 88.2 Å². The molecule has 12 aliphatic rings. The average Bonchev–Trinajstić information content (AvgIpc) is 3.67. The predicted molar refractivity (Wildman–Crippen MR) is 321 cm³/mol. The zero-order valence-corrected chi connectivity index (χ0v) is 54.8. The highest BCUT2D eigenvalue weighted by Gasteiger charge is 2.86. The number of aliphatic hydroxyl groups is 1. The van der Waals surface area contributed by atoms with Crippen molar-refractivity contribution in [3.63, 3.8) is 0 Å². The number of Topliss-reactive ketones (excluding diaryl/α,β-unsaturated/α-hetero) is 1. The van der Waals surface area contributed by atoms with Crippen molar-refractivity contribution in [2.75, 3.05) is 19.7 Å². The lowest BCUT2D eigenvalue weighted by Crippen LogP contribution is -2.67. The van der Waals surface area contributed by atoms with Gasteiger partial charge < -0.3 is 24.4 Å². The minimum Gasteiger partial charge on any atom is -0.393 e. The van der Waals surface area contributed by atoms with Crippen LogP contribution in [0.4, 0.5) is 0 Å². The summed E-state index contributed by atoms with van der Waals surface area (Å²) in [6.45, 7) is 49.6. The van der Waals surface area contributed by atoms with Crippen LogP contribution in [0, 0.1) is 100 Å². The van der Waals surface area contributed by atoms with Gasteiger partial charge in [0.1, 0.15) is 17.2 Å². The third-order valence-electron chi connectivity index (χ3n) is 32.2. The second kappa shape index (κ2) is 18.7. The molecule has 0 radical (unpaired) electrons. The van der Waals surface area contributed by atoms with Gasteiger partial charge in [0, 0.05) is 51.3 Å². The fourth-order valence-electron chi connectivity index (χ4n) is 26.4. The van der Waals surface area contributed by atoms with Gasteiger partial charge in [-0.25, -0.2) is 0 Å². The van der Waals surface area contributed by atoms with Gasteiger partial charge in [-0.05, 0) is 207 Å². The molecule has 0 bridgehead atoms. The predicted octanol–water partition coefficient (Wildman–Crippen LogP) is 16.1. The van der Waals surface area contributed by atoms with Crippen molar-refractivity contribution in [1.29, 1.82) is 0 Å². The fraction of sp³-hybridized carbons (Fsp3) is 0.957. The summed E-state index contributed by atoms with van der Waals surface area (Å²) in [6.07, 6.45) is 24.0. The van der Waals surface area contributed by atoms with Crippen molar-refractivity contribution >= 4 is 27.8 Å². The number of fused-ring (bicyclic) bond motifs is 14. The van der Waals surface area contributed by atoms with E-state index in [2.05, 4.69) is 144 Å². The summed E-state index contributed by atoms with van der Waals surface area (Å²) in [4.78, 5) is 41.7. The number of hydrogen-bond donors (Lipinski definition) is 1. The van der Waals surface area contributed by atoms with E-state index >= 15 is 0 Å². The van der Waals surface area contributed by atoms with Gasteiger partial charge in [-0.15, -0.1) is 9.24 Å². The number of ketones is 1. The summed E-state index contributed by atoms with van der Waals surface area (Å²) in [7, 11) is 2.25. The first-order chi connectivity index (χ1) is 36.9. The Balaban J connectivity index is 0.000000176. The van der Waals surface area contributed by atoms with Crippen molar-refractivity contribution in [1.82, 2.24) is 9.80 Å². The number of carbonyl (C=O) groups is 3. The van der Waals surface area contributed by atoms with Crippen LogP contribution in [-0.4, -0.2) is 82.0 Å². The first-order valence-corrected chi connectivity index (χ1v) is 33.0. The van der Waals surface area contributed by atoms with Crippen molar-refractivity contribution in [2.45, 2.75) is 296 Å². The number of amides is 2. The second-order valence-electron chi connectivity index (χ2n) is 33.3. The number of nitrogens with zero attached hydrogens (tertiary/aromatic N) is 2. The van der Waals surface area contributed by atoms with Gasteiger partial charge in [-0.3, -0.25) is 14.4 Å². The molecular formula is C69H119N2O6P. The lowest BCUT2D eigenvalue weighted by molar-refractivity contribution is -0.258. The van der Waals surface area contributed by atoms with Gasteiger partial charge in [0.05, 0.1) is 17.3 Å². The van der Waals surface area contributed by atoms with Gasteiger partial charge in [0.25, 0.3) is 0 Å². The standard InChI is InChI=1S/C33H55NO3.C33H53NO3.C2H6.CH5P/c2*1-22-10-15-33(34(19-22)21-35)23(2)32(9)30(7)17-16-27(4)25(28(30,5)20-31(32,8)37-33)12-13-26(3)18-24(36)11-14-29(26,27)6;2*1-2/h21-25,36H,10-20H2,1-9H3;21-23,25H,10-20H2,1-9H3;1-2H3;2H2,1H3/t22-,23-,24-,25+,26-,27-,28-,29-,30-,31-,32+,33-;22-,23-,25+,26-,27-,28-,29-,30-,31-,32+,33-;;/m00../s1/i;;2*1D. The van der Waals surface area contributed by atoms with Crippen molar-refractivity contribution in [3.8, 4) is 0 Å². The molecule has 24 atom stereocenters. The van der Waals surface area contributed by atoms with Crippen LogP contribution < -0.4 is 0 Å². The Morgan fingerprint density at radius 3 is 1.36 bits per heavy atom. The molecular weight excluding hydrogens is 984 g/mol. The van der Waals surface area contributed by atoms with E-state index in [0.717, 1.165) is 103 Å². The van der Waals surface area contributed by atoms with Gasteiger partial charge >= 0.3 is 0 Å². The Hall–Kier alpha value is -1.08. The Bertz CT molecular complexity index is 2420. The lowest BCUT2D eigenvalue weighted by Gasteiger charge is -2.73. The highest BCUT2D eigenvalue weighted by atomic mass is 31.0. The molecule has 9 heteroatoms. The van der Waals surface area contributed by atoms with E-state index in [0.29, 0.717) is 48.9 Å². The monoisotopic (exact) mass is 1100 g/mol. The molecule has 0 aromatic heterocycles. The minimum absolute atomic E-state index is 0.00231. The van der Waals surface area contributed by atoms with Crippen LogP contribution in [-0.2, 0) is 23.9 Å². The fourth-order valence-corrected chi connectivity index (χ4v) is 26.4. The lowest BCUT2D eigenvalue weighted by atomic mass is 9.31. The Morgan fingerprint density at radius 2 is 0.949 bits per heavy atom. The van der Waals surface area contributed by atoms with Crippen molar-refractivity contribution < 1.29 is 31.7 Å². The maximum absolute atomic E-state index is 12.7. The summed E-state index contributed by atoms with van der Waals surface area (Å²) in [5.41, 5.74) is 0.505. The van der Waals surface area contributed by atoms with E-state index in [1.54, 1.807) is 6.92 Å². The van der Waals surface area contributed by atoms with Gasteiger partial charge in [0.2, 0.25) is 12.8 Å². The van der Waals surface area contributed by atoms with Crippen LogP contribution in [0.1, 0.15) is 270 Å². The van der Waals surface area contributed by atoms with Crippen molar-refractivity contribution in [2.24, 2.45) is 100 Å². The van der Waals surface area contributed by atoms with Crippen LogP contribution in [0.3, 0.4) is 0 Å². The third kappa shape index (κ3) is 6.82. The number of likely N-dealkylation sites (tertiary alicyclic amines) is 2. The molecule has 4 saturated heterocycles. The Morgan fingerprint density at radius 1 is 0.551 bits per heavy atom. The minimum atomic E-state index is -0.469. The molecule has 0 aromatic carbocycles. The van der Waals surface area contributed by atoms with E-state index in [4.69, 9.17) is 12.2 Å². The number of aliphatic hydroxyl groups excluding tert-OH is 1. The maximum atomic E-state index is 12.7. The van der Waals surface area contributed by atoms with E-state index < -0.39 is 11.4 Å². The molecule has 8 saturated carbocycles. The summed E-state index contributed by atoms with van der Waals surface area (Å²) in [5.74, 6) is 3.43. The normalized spacial score (nSPS) is 59.3. The third-order valence-corrected chi connectivity index (χ3v) is 32.2. The summed E-state index contributed by atoms with van der Waals surface area (Å²) in [5, 5.41) is 10.7. The van der Waals surface area contributed by atoms with Crippen LogP contribution in [0.25, 0.3) is 0 Å². The van der Waals surface area contributed by atoms with Crippen LogP contribution in [0.15, 0.2) is 0 Å². The largest absolute Gasteiger partial charge is 0.393 e. The molecule has 12 rings (SSSR count). The molecule has 0 aromatic rings. The molecule has 8 nitrogen and oxygen atoms in total. The molecule has 2 spiro atoms. The number of carbonyl (C=O) groups excluding carboxylic acids is 3. The zero-order chi connectivity index (χ0) is 59.6. The van der Waals surface area contributed by atoms with Gasteiger partial charge in [-0.1, -0.05) is 131 Å². The number of rotatable bonds is 2. The molecule has 2 amide bonds. The van der Waals surface area contributed by atoms with E-state index in [1.165, 1.54) is 51.4 Å². The molecule has 4 aliphatic heterocycles. The van der Waals surface area contributed by atoms with E-state index in [1.807, 2.05) is 0 Å². The average molecular weight is 1110 g/mol. The van der Waals surface area contributed by atoms with Crippen LogP contribution >= 0.6 is 9.24 Å². The topological polar surface area (TPSA) is 96.4 Å². The van der Waals surface area contributed by atoms with Gasteiger partial charge in [0.15, 0.2) is 0 Å². The smallest absolute Gasteiger partial charge is 0.211 e. The van der Waals surface area contributed by atoms with Crippen molar-refractivity contribution in [3.05, 3.63) is 0 Å². The van der Waals surface area contributed by atoms with Crippen LogP contribution in [0.5, 0.6) is 0 Å². The SMILES string of the molecule is C[C@H]1CC[C@@]2(O[C@@]3(C)C[C@@]4(C)[C@@H]5CC[C@@]6(C)CC(=O)CC[C@]6(C)[C@@]5(C)CC[C@]4(C)[C@@]3(C)[C@@H]2C)N(C=O)C1.C[C@H]1CC[C@@]2(O[C@@]3(C)C[C@@]4(C)[C@@H]5CC[C@@]6(C)C[C@@H](O)CC[C@]6(C)[C@@]5(C)CC[C@]4(C)[C@@]3(C)[C@@H]2C)N(C=O)C1.[2H]CC.[2H]CP. The highest BCUT2D eigenvalue weighted by Crippen LogP contribution is 2.88. The Kier molecular flexibility index (Phi) is 14.1. The maximum Gasteiger partial charge on any atom is 0.211 e. The van der Waals surface area contributed by atoms with Gasteiger partial charge in [-0.2, -0.15) is 0 Å². The summed E-state index contributed by atoms with van der Waals surface area (Å²) >= 11 is 0. The quantitative estimate of drug-likeness (QED) is 0.219. The summed E-state index contributed by atoms with van der Waals surface area (Å²) in [6, 6.07) is 0.